The second kappa shape index (κ2) is 5.15. The van der Waals surface area contributed by atoms with Gasteiger partial charge >= 0.3 is 0 Å². The van der Waals surface area contributed by atoms with Crippen LogP contribution in [0.5, 0.6) is 11.6 Å². The van der Waals surface area contributed by atoms with Crippen LogP contribution in [0.1, 0.15) is 26.3 Å². The third kappa shape index (κ3) is 2.93. The van der Waals surface area contributed by atoms with Crippen LogP contribution in [0.3, 0.4) is 0 Å². The minimum absolute atomic E-state index is 0.0761. The van der Waals surface area contributed by atoms with E-state index < -0.39 is 0 Å². The summed E-state index contributed by atoms with van der Waals surface area (Å²) in [6.45, 7) is 6.53. The number of hydrogen-bond donors (Lipinski definition) is 0. The second-order valence-corrected chi connectivity index (χ2v) is 6.72. The highest BCUT2D eigenvalue weighted by Crippen LogP contribution is 2.29. The molecule has 21 heavy (non-hydrogen) atoms. The fourth-order valence-corrected chi connectivity index (χ4v) is 2.46. The average Bonchev–Trinajstić information content (AvgIpc) is 2.86. The Kier molecular flexibility index (Phi) is 3.45. The molecule has 0 aliphatic carbocycles. The van der Waals surface area contributed by atoms with E-state index in [0.717, 1.165) is 5.75 Å². The van der Waals surface area contributed by atoms with E-state index in [-0.39, 0.29) is 5.41 Å². The topological polar surface area (TPSA) is 39.4 Å². The van der Waals surface area contributed by atoms with Crippen molar-refractivity contribution in [3.8, 4) is 11.6 Å². The molecule has 0 amide bonds. The van der Waals surface area contributed by atoms with Gasteiger partial charge in [-0.1, -0.05) is 32.9 Å². The van der Waals surface area contributed by atoms with Gasteiger partial charge in [0.1, 0.15) is 10.4 Å². The third-order valence-corrected chi connectivity index (χ3v) is 3.61. The normalized spacial score (nSPS) is 11.8. The Morgan fingerprint density at radius 1 is 1.24 bits per heavy atom. The van der Waals surface area contributed by atoms with Gasteiger partial charge in [0.15, 0.2) is 0 Å². The maximum Gasteiger partial charge on any atom is 0.264 e. The quantitative estimate of drug-likeness (QED) is 0.682. The van der Waals surface area contributed by atoms with Crippen molar-refractivity contribution < 1.29 is 4.74 Å². The molecule has 0 bridgehead atoms. The molecular weight excluding hydrogens is 330 g/mol. The highest BCUT2D eigenvalue weighted by atomic mass is 79.9. The van der Waals surface area contributed by atoms with E-state index in [1.165, 1.54) is 5.56 Å². The summed E-state index contributed by atoms with van der Waals surface area (Å²) >= 11 is 3.39. The Morgan fingerprint density at radius 2 is 2.05 bits per heavy atom. The van der Waals surface area contributed by atoms with Crippen molar-refractivity contribution in [2.45, 2.75) is 26.2 Å². The summed E-state index contributed by atoms with van der Waals surface area (Å²) in [5, 5.41) is 0. The van der Waals surface area contributed by atoms with Crippen molar-refractivity contribution in [2.24, 2.45) is 0 Å². The lowest BCUT2D eigenvalue weighted by molar-refractivity contribution is 0.460. The largest absolute Gasteiger partial charge is 0.436 e. The fraction of sp³-hybridized carbons (Fsp3) is 0.250. The molecule has 0 spiro atoms. The molecule has 4 nitrogen and oxygen atoms in total. The van der Waals surface area contributed by atoms with Crippen LogP contribution in [0.4, 0.5) is 0 Å². The van der Waals surface area contributed by atoms with Gasteiger partial charge in [0.05, 0.1) is 0 Å². The van der Waals surface area contributed by atoms with Crippen LogP contribution >= 0.6 is 15.9 Å². The second-order valence-electron chi connectivity index (χ2n) is 5.91. The molecule has 2 heterocycles. The first-order valence-electron chi connectivity index (χ1n) is 6.71. The lowest BCUT2D eigenvalue weighted by Gasteiger charge is -2.19. The molecule has 0 radical (unpaired) electrons. The molecule has 0 saturated carbocycles. The van der Waals surface area contributed by atoms with Gasteiger partial charge in [-0.3, -0.25) is 4.40 Å². The van der Waals surface area contributed by atoms with Gasteiger partial charge in [0.25, 0.3) is 5.88 Å². The lowest BCUT2D eigenvalue weighted by atomic mass is 9.87. The molecule has 0 aliphatic rings. The minimum atomic E-state index is 0.0761. The zero-order chi connectivity index (χ0) is 15.0. The minimum Gasteiger partial charge on any atom is -0.436 e. The molecule has 0 unspecified atom stereocenters. The number of nitrogens with zero attached hydrogens (tertiary/aromatic N) is 3. The molecule has 2 aromatic heterocycles. The predicted molar refractivity (Wildman–Crippen MR) is 85.9 cm³/mol. The smallest absolute Gasteiger partial charge is 0.264 e. The number of fused-ring (bicyclic) bond motifs is 1. The zero-order valence-corrected chi connectivity index (χ0v) is 13.8. The summed E-state index contributed by atoms with van der Waals surface area (Å²) in [6, 6.07) is 8.07. The lowest BCUT2D eigenvalue weighted by Crippen LogP contribution is -2.10. The number of halogens is 1. The first-order valence-corrected chi connectivity index (χ1v) is 7.50. The Balaban J connectivity index is 2.01. The molecule has 3 rings (SSSR count). The molecule has 108 valence electrons. The summed E-state index contributed by atoms with van der Waals surface area (Å²) in [5.74, 6) is 1.25. The van der Waals surface area contributed by atoms with Gasteiger partial charge in [-0.15, -0.1) is 0 Å². The predicted octanol–water partition coefficient (Wildman–Crippen LogP) is 4.58. The van der Waals surface area contributed by atoms with Gasteiger partial charge in [0, 0.05) is 18.6 Å². The van der Waals surface area contributed by atoms with Gasteiger partial charge in [-0.2, -0.15) is 0 Å². The number of ether oxygens (including phenoxy) is 1. The SMILES string of the molecule is CC(C)(C)c1cccc(Oc2nc(Br)cn3ccnc23)c1. The molecule has 1 aromatic carbocycles. The molecule has 0 N–H and O–H groups in total. The average molecular weight is 346 g/mol. The van der Waals surface area contributed by atoms with Crippen molar-refractivity contribution in [1.29, 1.82) is 0 Å². The van der Waals surface area contributed by atoms with Crippen LogP contribution in [-0.4, -0.2) is 14.4 Å². The van der Waals surface area contributed by atoms with Crippen LogP contribution in [0.15, 0.2) is 47.5 Å². The maximum absolute atomic E-state index is 5.94. The summed E-state index contributed by atoms with van der Waals surface area (Å²) in [4.78, 5) is 8.65. The number of aromatic nitrogens is 3. The Hall–Kier alpha value is -1.88. The number of imidazole rings is 1. The summed E-state index contributed by atoms with van der Waals surface area (Å²) in [7, 11) is 0. The zero-order valence-electron chi connectivity index (χ0n) is 12.2. The molecule has 0 atom stereocenters. The summed E-state index contributed by atoms with van der Waals surface area (Å²) in [6.07, 6.45) is 5.43. The molecule has 3 aromatic rings. The Bertz CT molecular complexity index is 790. The monoisotopic (exact) mass is 345 g/mol. The third-order valence-electron chi connectivity index (χ3n) is 3.23. The van der Waals surface area contributed by atoms with E-state index >= 15 is 0 Å². The first kappa shape index (κ1) is 14.1. The van der Waals surface area contributed by atoms with Crippen LogP contribution in [-0.2, 0) is 5.41 Å². The number of rotatable bonds is 2. The Labute approximate surface area is 131 Å². The van der Waals surface area contributed by atoms with Crippen LogP contribution in [0.2, 0.25) is 0 Å². The number of benzene rings is 1. The highest BCUT2D eigenvalue weighted by Gasteiger charge is 2.15. The van der Waals surface area contributed by atoms with E-state index in [0.29, 0.717) is 16.1 Å². The van der Waals surface area contributed by atoms with Crippen molar-refractivity contribution in [3.63, 3.8) is 0 Å². The van der Waals surface area contributed by atoms with Crippen molar-refractivity contribution in [2.75, 3.05) is 0 Å². The molecular formula is C16H16BrN3O. The Morgan fingerprint density at radius 3 is 2.81 bits per heavy atom. The van der Waals surface area contributed by atoms with E-state index in [9.17, 15) is 0 Å². The number of hydrogen-bond acceptors (Lipinski definition) is 3. The van der Waals surface area contributed by atoms with E-state index in [1.807, 2.05) is 35.0 Å². The van der Waals surface area contributed by atoms with E-state index in [2.05, 4.69) is 52.7 Å². The van der Waals surface area contributed by atoms with Crippen molar-refractivity contribution in [3.05, 3.63) is 53.0 Å². The first-order chi connectivity index (χ1) is 9.93. The van der Waals surface area contributed by atoms with E-state index in [4.69, 9.17) is 4.74 Å². The van der Waals surface area contributed by atoms with Gasteiger partial charge in [-0.05, 0) is 39.0 Å². The summed E-state index contributed by atoms with van der Waals surface area (Å²) in [5.41, 5.74) is 1.99. The van der Waals surface area contributed by atoms with Gasteiger partial charge < -0.3 is 4.74 Å². The van der Waals surface area contributed by atoms with Crippen LogP contribution in [0, 0.1) is 0 Å². The summed E-state index contributed by atoms with van der Waals surface area (Å²) < 4.78 is 8.52. The molecule has 0 fully saturated rings. The van der Waals surface area contributed by atoms with Crippen LogP contribution < -0.4 is 4.74 Å². The van der Waals surface area contributed by atoms with Crippen LogP contribution in [0.25, 0.3) is 5.65 Å². The van der Waals surface area contributed by atoms with Crippen molar-refractivity contribution >= 4 is 21.6 Å². The van der Waals surface area contributed by atoms with Gasteiger partial charge in [-0.25, -0.2) is 9.97 Å². The molecule has 0 aliphatic heterocycles. The van der Waals surface area contributed by atoms with Gasteiger partial charge in [0.2, 0.25) is 5.65 Å². The standard InChI is InChI=1S/C16H16BrN3O/c1-16(2,3)11-5-4-6-12(9-11)21-15-14-18-7-8-20(14)10-13(17)19-15/h4-10H,1-3H3. The van der Waals surface area contributed by atoms with Crippen molar-refractivity contribution in [1.82, 2.24) is 14.4 Å². The highest BCUT2D eigenvalue weighted by molar-refractivity contribution is 9.10. The molecule has 5 heteroatoms. The fourth-order valence-electron chi connectivity index (χ4n) is 2.08. The maximum atomic E-state index is 5.94. The van der Waals surface area contributed by atoms with E-state index in [1.54, 1.807) is 6.20 Å². The molecule has 0 saturated heterocycles.